The summed E-state index contributed by atoms with van der Waals surface area (Å²) in [5.74, 6) is 0.749. The number of hydrogen-bond donors (Lipinski definition) is 0. The summed E-state index contributed by atoms with van der Waals surface area (Å²) in [5.41, 5.74) is 0. The molecule has 0 spiro atoms. The van der Waals surface area contributed by atoms with Crippen LogP contribution in [0, 0.1) is 0 Å². The molecule has 13 heavy (non-hydrogen) atoms. The molecule has 1 fully saturated rings. The lowest BCUT2D eigenvalue weighted by Gasteiger charge is -2.31. The van der Waals surface area contributed by atoms with Crippen molar-refractivity contribution in [3.05, 3.63) is 24.2 Å². The van der Waals surface area contributed by atoms with Gasteiger partial charge in [-0.25, -0.2) is 0 Å². The molecule has 1 aliphatic heterocycles. The zero-order valence-electron chi connectivity index (χ0n) is 7.90. The molecule has 0 aromatic carbocycles. The zero-order valence-corrected chi connectivity index (χ0v) is 7.90. The molecule has 72 valence electrons. The van der Waals surface area contributed by atoms with Crippen molar-refractivity contribution >= 4 is 0 Å². The molecule has 0 bridgehead atoms. The average molecular weight is 182 g/mol. The smallest absolute Gasteiger partial charge is 0.217 e. The molecule has 1 saturated heterocycles. The summed E-state index contributed by atoms with van der Waals surface area (Å²) in [6, 6.07) is 3.71. The Morgan fingerprint density at radius 2 is 1.92 bits per heavy atom. The fourth-order valence-electron chi connectivity index (χ4n) is 1.59. The first-order chi connectivity index (χ1) is 6.25. The molecule has 1 aromatic heterocycles. The summed E-state index contributed by atoms with van der Waals surface area (Å²) in [6.07, 6.45) is 2.72. The van der Waals surface area contributed by atoms with Gasteiger partial charge in [0.2, 0.25) is 6.29 Å². The van der Waals surface area contributed by atoms with Crippen molar-refractivity contribution in [2.45, 2.75) is 38.8 Å². The molecule has 0 aliphatic carbocycles. The first kappa shape index (κ1) is 8.78. The van der Waals surface area contributed by atoms with E-state index in [9.17, 15) is 0 Å². The van der Waals surface area contributed by atoms with Crippen molar-refractivity contribution < 1.29 is 13.9 Å². The van der Waals surface area contributed by atoms with Crippen LogP contribution in [0.4, 0.5) is 0 Å². The van der Waals surface area contributed by atoms with Crippen LogP contribution in [0.5, 0.6) is 0 Å². The van der Waals surface area contributed by atoms with Crippen molar-refractivity contribution in [1.82, 2.24) is 0 Å². The fraction of sp³-hybridized carbons (Fsp3) is 0.600. The average Bonchev–Trinajstić information content (AvgIpc) is 2.53. The van der Waals surface area contributed by atoms with Gasteiger partial charge in [0.25, 0.3) is 0 Å². The Labute approximate surface area is 77.6 Å². The molecule has 2 rings (SSSR count). The van der Waals surface area contributed by atoms with Crippen LogP contribution in [0.3, 0.4) is 0 Å². The molecule has 1 aromatic rings. The summed E-state index contributed by atoms with van der Waals surface area (Å²) < 4.78 is 16.4. The van der Waals surface area contributed by atoms with E-state index >= 15 is 0 Å². The largest absolute Gasteiger partial charge is 0.464 e. The molecule has 2 atom stereocenters. The van der Waals surface area contributed by atoms with Gasteiger partial charge >= 0.3 is 0 Å². The van der Waals surface area contributed by atoms with Crippen LogP contribution < -0.4 is 0 Å². The Morgan fingerprint density at radius 3 is 2.46 bits per heavy atom. The number of ether oxygens (including phenoxy) is 2. The molecule has 1 aliphatic rings. The van der Waals surface area contributed by atoms with Crippen molar-refractivity contribution in [2.75, 3.05) is 0 Å². The molecule has 2 heterocycles. The minimum atomic E-state index is -0.325. The number of rotatable bonds is 1. The van der Waals surface area contributed by atoms with Gasteiger partial charge in [-0.2, -0.15) is 0 Å². The molecule has 0 unspecified atom stereocenters. The fourth-order valence-corrected chi connectivity index (χ4v) is 1.59. The number of hydrogen-bond acceptors (Lipinski definition) is 3. The van der Waals surface area contributed by atoms with Gasteiger partial charge in [-0.1, -0.05) is 0 Å². The SMILES string of the molecule is C[C@@H]1C[C@@H](C)OC(c2ccco2)O1. The summed E-state index contributed by atoms with van der Waals surface area (Å²) in [6.45, 7) is 4.10. The molecular formula is C10H14O3. The monoisotopic (exact) mass is 182 g/mol. The standard InChI is InChI=1S/C10H14O3/c1-7-6-8(2)13-10(12-7)9-4-3-5-11-9/h3-5,7-8,10H,6H2,1-2H3/t7-,8-/m1/s1. The maximum atomic E-state index is 5.59. The van der Waals surface area contributed by atoms with Gasteiger partial charge in [0, 0.05) is 0 Å². The van der Waals surface area contributed by atoms with Gasteiger partial charge in [0.05, 0.1) is 18.5 Å². The Bertz CT molecular complexity index is 245. The lowest BCUT2D eigenvalue weighted by Crippen LogP contribution is -2.30. The molecule has 0 radical (unpaired) electrons. The Balaban J connectivity index is 2.07. The van der Waals surface area contributed by atoms with Crippen molar-refractivity contribution in [3.63, 3.8) is 0 Å². The van der Waals surface area contributed by atoms with E-state index < -0.39 is 0 Å². The van der Waals surface area contributed by atoms with Crippen LogP contribution in [0.25, 0.3) is 0 Å². The highest BCUT2D eigenvalue weighted by Crippen LogP contribution is 2.29. The minimum Gasteiger partial charge on any atom is -0.464 e. The third-order valence-electron chi connectivity index (χ3n) is 2.15. The third kappa shape index (κ3) is 1.92. The van der Waals surface area contributed by atoms with E-state index in [4.69, 9.17) is 13.9 Å². The van der Waals surface area contributed by atoms with Crippen LogP contribution in [-0.4, -0.2) is 12.2 Å². The van der Waals surface area contributed by atoms with Crippen molar-refractivity contribution in [3.8, 4) is 0 Å². The summed E-state index contributed by atoms with van der Waals surface area (Å²) in [7, 11) is 0. The Morgan fingerprint density at radius 1 is 1.23 bits per heavy atom. The Kier molecular flexibility index (Phi) is 2.38. The van der Waals surface area contributed by atoms with Crippen molar-refractivity contribution in [2.24, 2.45) is 0 Å². The summed E-state index contributed by atoms with van der Waals surface area (Å²) in [5, 5.41) is 0. The second-order valence-electron chi connectivity index (χ2n) is 3.48. The molecule has 3 heteroatoms. The van der Waals surface area contributed by atoms with Gasteiger partial charge in [0.1, 0.15) is 0 Å². The molecule has 3 nitrogen and oxygen atoms in total. The van der Waals surface area contributed by atoms with E-state index in [1.165, 1.54) is 0 Å². The van der Waals surface area contributed by atoms with E-state index in [-0.39, 0.29) is 18.5 Å². The van der Waals surface area contributed by atoms with Gasteiger partial charge in [-0.15, -0.1) is 0 Å². The van der Waals surface area contributed by atoms with Crippen LogP contribution >= 0.6 is 0 Å². The van der Waals surface area contributed by atoms with Crippen LogP contribution in [-0.2, 0) is 9.47 Å². The second kappa shape index (κ2) is 3.52. The first-order valence-electron chi connectivity index (χ1n) is 4.60. The molecule has 0 amide bonds. The Hall–Kier alpha value is -0.800. The van der Waals surface area contributed by atoms with Crippen LogP contribution in [0.2, 0.25) is 0 Å². The second-order valence-corrected chi connectivity index (χ2v) is 3.48. The lowest BCUT2D eigenvalue weighted by molar-refractivity contribution is -0.246. The lowest BCUT2D eigenvalue weighted by atomic mass is 10.2. The van der Waals surface area contributed by atoms with Crippen molar-refractivity contribution in [1.29, 1.82) is 0 Å². The van der Waals surface area contributed by atoms with E-state index in [0.717, 1.165) is 12.2 Å². The minimum absolute atomic E-state index is 0.235. The molecule has 0 saturated carbocycles. The van der Waals surface area contributed by atoms with Gasteiger partial charge in [-0.05, 0) is 32.4 Å². The maximum Gasteiger partial charge on any atom is 0.217 e. The normalized spacial score (nSPS) is 34.8. The van der Waals surface area contributed by atoms with Crippen LogP contribution in [0.15, 0.2) is 22.8 Å². The van der Waals surface area contributed by atoms with E-state index in [1.54, 1.807) is 6.26 Å². The highest BCUT2D eigenvalue weighted by atomic mass is 16.7. The topological polar surface area (TPSA) is 31.6 Å². The summed E-state index contributed by atoms with van der Waals surface area (Å²) >= 11 is 0. The van der Waals surface area contributed by atoms with E-state index in [2.05, 4.69) is 13.8 Å². The van der Waals surface area contributed by atoms with Gasteiger partial charge < -0.3 is 13.9 Å². The molecule has 0 N–H and O–H groups in total. The van der Waals surface area contributed by atoms with E-state index in [0.29, 0.717) is 0 Å². The highest BCUT2D eigenvalue weighted by molar-refractivity contribution is 5.00. The molecular weight excluding hydrogens is 168 g/mol. The van der Waals surface area contributed by atoms with Gasteiger partial charge in [0.15, 0.2) is 5.76 Å². The highest BCUT2D eigenvalue weighted by Gasteiger charge is 2.27. The van der Waals surface area contributed by atoms with Gasteiger partial charge in [-0.3, -0.25) is 0 Å². The third-order valence-corrected chi connectivity index (χ3v) is 2.15. The predicted octanol–water partition coefficient (Wildman–Crippen LogP) is 2.49. The van der Waals surface area contributed by atoms with E-state index in [1.807, 2.05) is 12.1 Å². The number of furan rings is 1. The zero-order chi connectivity index (χ0) is 9.26. The summed E-state index contributed by atoms with van der Waals surface area (Å²) in [4.78, 5) is 0. The maximum absolute atomic E-state index is 5.59. The predicted molar refractivity (Wildman–Crippen MR) is 47.2 cm³/mol. The quantitative estimate of drug-likeness (QED) is 0.668. The van der Waals surface area contributed by atoms with Crippen LogP contribution in [0.1, 0.15) is 32.3 Å². The first-order valence-corrected chi connectivity index (χ1v) is 4.60.